The molecule has 0 aromatic carbocycles. The van der Waals surface area contributed by atoms with Gasteiger partial charge >= 0.3 is 6.01 Å². The lowest BCUT2D eigenvalue weighted by Gasteiger charge is -2.15. The number of hydrogen-bond donors (Lipinski definition) is 3. The quantitative estimate of drug-likeness (QED) is 0.404. The van der Waals surface area contributed by atoms with E-state index in [0.29, 0.717) is 25.7 Å². The molecule has 4 N–H and O–H groups in total. The second kappa shape index (κ2) is 9.23. The molecule has 0 radical (unpaired) electrons. The minimum absolute atomic E-state index is 0.105. The molecular weight excluding hydrogens is 264 g/mol. The lowest BCUT2D eigenvalue weighted by atomic mass is 10.4. The average molecular weight is 286 g/mol. The third kappa shape index (κ3) is 5.51. The maximum Gasteiger partial charge on any atom is 0.323 e. The van der Waals surface area contributed by atoms with E-state index in [1.54, 1.807) is 14.2 Å². The van der Waals surface area contributed by atoms with E-state index in [-0.39, 0.29) is 18.1 Å². The molecule has 1 heterocycles. The molecule has 0 bridgehead atoms. The van der Waals surface area contributed by atoms with E-state index in [4.69, 9.17) is 20.1 Å². The van der Waals surface area contributed by atoms with Crippen LogP contribution in [0.25, 0.3) is 0 Å². The van der Waals surface area contributed by atoms with E-state index in [1.165, 1.54) is 0 Å². The molecule has 0 saturated carbocycles. The number of aromatic nitrogens is 3. The first kappa shape index (κ1) is 16.3. The maximum atomic E-state index is 5.37. The van der Waals surface area contributed by atoms with Gasteiger partial charge in [-0.25, -0.2) is 5.84 Å². The van der Waals surface area contributed by atoms with Crippen molar-refractivity contribution in [2.24, 2.45) is 5.84 Å². The summed E-state index contributed by atoms with van der Waals surface area (Å²) in [4.78, 5) is 12.2. The molecule has 0 spiro atoms. The van der Waals surface area contributed by atoms with Crippen molar-refractivity contribution >= 4 is 11.9 Å². The molecule has 0 aliphatic carbocycles. The van der Waals surface area contributed by atoms with Crippen LogP contribution in [0.4, 0.5) is 11.9 Å². The first-order chi connectivity index (χ1) is 9.73. The Morgan fingerprint density at radius 3 is 2.55 bits per heavy atom. The maximum absolute atomic E-state index is 5.37. The number of ether oxygens (including phenoxy) is 3. The third-order valence-corrected chi connectivity index (χ3v) is 2.35. The molecular formula is C11H22N6O3. The van der Waals surface area contributed by atoms with Crippen molar-refractivity contribution in [3.05, 3.63) is 0 Å². The number of nitrogen functional groups attached to an aromatic ring is 1. The van der Waals surface area contributed by atoms with Crippen molar-refractivity contribution in [3.63, 3.8) is 0 Å². The van der Waals surface area contributed by atoms with Gasteiger partial charge in [-0.1, -0.05) is 6.92 Å². The third-order valence-electron chi connectivity index (χ3n) is 2.35. The lowest BCUT2D eigenvalue weighted by Crippen LogP contribution is -2.27. The van der Waals surface area contributed by atoms with Crippen molar-refractivity contribution in [1.29, 1.82) is 0 Å². The molecule has 0 saturated heterocycles. The van der Waals surface area contributed by atoms with Crippen LogP contribution in [0.2, 0.25) is 0 Å². The Kier molecular flexibility index (Phi) is 7.55. The van der Waals surface area contributed by atoms with Gasteiger partial charge in [-0.2, -0.15) is 15.0 Å². The molecule has 114 valence electrons. The van der Waals surface area contributed by atoms with Crippen LogP contribution < -0.4 is 21.3 Å². The van der Waals surface area contributed by atoms with Crippen LogP contribution in [0.1, 0.15) is 13.3 Å². The molecule has 0 fully saturated rings. The molecule has 1 aromatic rings. The molecule has 0 aliphatic rings. The predicted molar refractivity (Wildman–Crippen MR) is 74.6 cm³/mol. The Morgan fingerprint density at radius 2 is 1.95 bits per heavy atom. The van der Waals surface area contributed by atoms with E-state index in [9.17, 15) is 0 Å². The molecule has 1 rings (SSSR count). The van der Waals surface area contributed by atoms with Crippen molar-refractivity contribution in [1.82, 2.24) is 15.0 Å². The number of methoxy groups -OCH3 is 2. The fraction of sp³-hybridized carbons (Fsp3) is 0.727. The molecule has 9 heteroatoms. The smallest absolute Gasteiger partial charge is 0.323 e. The van der Waals surface area contributed by atoms with Gasteiger partial charge in [-0.05, 0) is 6.42 Å². The first-order valence-corrected chi connectivity index (χ1v) is 6.34. The number of anilines is 2. The number of nitrogens with one attached hydrogen (secondary N) is 2. The summed E-state index contributed by atoms with van der Waals surface area (Å²) < 4.78 is 15.6. The van der Waals surface area contributed by atoms with Gasteiger partial charge in [0.25, 0.3) is 0 Å². The Labute approximate surface area is 118 Å². The molecule has 9 nitrogen and oxygen atoms in total. The largest absolute Gasteiger partial charge is 0.463 e. The zero-order valence-corrected chi connectivity index (χ0v) is 12.0. The highest BCUT2D eigenvalue weighted by Gasteiger charge is 2.10. The molecule has 20 heavy (non-hydrogen) atoms. The van der Waals surface area contributed by atoms with Crippen LogP contribution in [0.15, 0.2) is 0 Å². The van der Waals surface area contributed by atoms with Crippen molar-refractivity contribution in [3.8, 4) is 6.01 Å². The molecule has 1 atom stereocenters. The van der Waals surface area contributed by atoms with Crippen LogP contribution in [0.5, 0.6) is 6.01 Å². The minimum Gasteiger partial charge on any atom is -0.463 e. The van der Waals surface area contributed by atoms with Gasteiger partial charge in [-0.3, -0.25) is 5.43 Å². The Bertz CT molecular complexity index is 392. The molecule has 0 amide bonds. The average Bonchev–Trinajstić information content (AvgIpc) is 2.49. The summed E-state index contributed by atoms with van der Waals surface area (Å²) in [5.41, 5.74) is 2.37. The zero-order valence-electron chi connectivity index (χ0n) is 12.0. The monoisotopic (exact) mass is 286 g/mol. The number of rotatable bonds is 10. The fourth-order valence-electron chi connectivity index (χ4n) is 1.36. The molecule has 0 aliphatic heterocycles. The number of hydrogen-bond acceptors (Lipinski definition) is 9. The van der Waals surface area contributed by atoms with E-state index in [2.05, 4.69) is 25.7 Å². The van der Waals surface area contributed by atoms with Crippen LogP contribution in [0, 0.1) is 0 Å². The van der Waals surface area contributed by atoms with E-state index < -0.39 is 0 Å². The van der Waals surface area contributed by atoms with Gasteiger partial charge in [0.2, 0.25) is 11.9 Å². The number of nitrogens with two attached hydrogens (primary N) is 1. The van der Waals surface area contributed by atoms with E-state index >= 15 is 0 Å². The Hall–Kier alpha value is -1.71. The molecule has 1 unspecified atom stereocenters. The van der Waals surface area contributed by atoms with E-state index in [0.717, 1.165) is 6.42 Å². The zero-order chi connectivity index (χ0) is 14.8. The van der Waals surface area contributed by atoms with Gasteiger partial charge < -0.3 is 19.5 Å². The summed E-state index contributed by atoms with van der Waals surface area (Å²) in [5.74, 6) is 5.90. The van der Waals surface area contributed by atoms with Crippen molar-refractivity contribution < 1.29 is 14.2 Å². The van der Waals surface area contributed by atoms with Gasteiger partial charge in [0.05, 0.1) is 19.3 Å². The highest BCUT2D eigenvalue weighted by Crippen LogP contribution is 2.10. The fourth-order valence-corrected chi connectivity index (χ4v) is 1.36. The predicted octanol–water partition coefficient (Wildman–Crippen LogP) is 0.0193. The summed E-state index contributed by atoms with van der Waals surface area (Å²) >= 11 is 0. The van der Waals surface area contributed by atoms with Gasteiger partial charge in [0.1, 0.15) is 0 Å². The minimum atomic E-state index is -0.105. The van der Waals surface area contributed by atoms with Crippen LogP contribution in [-0.2, 0) is 9.47 Å². The number of hydrazine groups is 1. The second-order valence-electron chi connectivity index (χ2n) is 3.95. The summed E-state index contributed by atoms with van der Waals surface area (Å²) in [5, 5.41) is 3.03. The SMILES string of the molecule is CCCOc1nc(NN)nc(NCC(COC)OC)n1. The molecule has 1 aromatic heterocycles. The van der Waals surface area contributed by atoms with Crippen molar-refractivity contribution in [2.75, 3.05) is 44.7 Å². The van der Waals surface area contributed by atoms with Gasteiger partial charge in [0.15, 0.2) is 0 Å². The summed E-state index contributed by atoms with van der Waals surface area (Å²) in [6, 6.07) is 0.220. The van der Waals surface area contributed by atoms with Crippen LogP contribution in [0.3, 0.4) is 0 Å². The topological polar surface area (TPSA) is 116 Å². The van der Waals surface area contributed by atoms with Gasteiger partial charge in [0, 0.05) is 20.8 Å². The highest BCUT2D eigenvalue weighted by atomic mass is 16.5. The summed E-state index contributed by atoms with van der Waals surface area (Å²) in [6.07, 6.45) is 0.755. The Morgan fingerprint density at radius 1 is 1.20 bits per heavy atom. The van der Waals surface area contributed by atoms with Gasteiger partial charge in [-0.15, -0.1) is 0 Å². The van der Waals surface area contributed by atoms with Crippen LogP contribution >= 0.6 is 0 Å². The standard InChI is InChI=1S/C11H22N6O3/c1-4-5-20-11-15-9(14-10(16-11)17-12)13-6-8(19-3)7-18-2/h8H,4-7,12H2,1-3H3,(H2,13,14,15,16,17). The number of nitrogens with zero attached hydrogens (tertiary/aromatic N) is 3. The normalized spacial score (nSPS) is 12.0. The Balaban J connectivity index is 2.67. The second-order valence-corrected chi connectivity index (χ2v) is 3.95. The first-order valence-electron chi connectivity index (χ1n) is 6.34. The van der Waals surface area contributed by atoms with Crippen LogP contribution in [-0.4, -0.2) is 55.0 Å². The lowest BCUT2D eigenvalue weighted by molar-refractivity contribution is 0.0364. The van der Waals surface area contributed by atoms with E-state index in [1.807, 2.05) is 6.92 Å². The van der Waals surface area contributed by atoms with Crippen molar-refractivity contribution in [2.45, 2.75) is 19.4 Å². The highest BCUT2D eigenvalue weighted by molar-refractivity contribution is 5.34. The summed E-state index contributed by atoms with van der Waals surface area (Å²) in [7, 11) is 3.23. The summed E-state index contributed by atoms with van der Waals surface area (Å²) in [6.45, 7) is 3.48.